The second-order valence-corrected chi connectivity index (χ2v) is 3.60. The molecule has 0 aromatic carbocycles. The van der Waals surface area contributed by atoms with Crippen molar-refractivity contribution in [3.05, 3.63) is 12.7 Å². The van der Waals surface area contributed by atoms with Gasteiger partial charge in [-0.1, -0.05) is 13.0 Å². The van der Waals surface area contributed by atoms with Gasteiger partial charge in [-0.05, 0) is 6.42 Å². The van der Waals surface area contributed by atoms with Crippen LogP contribution in [0.5, 0.6) is 0 Å². The number of carboxylic acid groups (broad SMARTS) is 1. The lowest BCUT2D eigenvalue weighted by atomic mass is 10.0. The molecule has 1 unspecified atom stereocenters. The molecule has 0 aliphatic carbocycles. The van der Waals surface area contributed by atoms with Crippen LogP contribution in [0.15, 0.2) is 12.7 Å². The van der Waals surface area contributed by atoms with Crippen LogP contribution < -0.4 is 0 Å². The number of carboxylic acids is 1. The number of hydrogen-bond acceptors (Lipinski definition) is 3. The van der Waals surface area contributed by atoms with E-state index in [1.807, 2.05) is 0 Å². The van der Waals surface area contributed by atoms with E-state index in [4.69, 9.17) is 5.11 Å². The van der Waals surface area contributed by atoms with Crippen LogP contribution >= 0.6 is 11.8 Å². The number of hydrogen-bond donors (Lipinski definition) is 1. The lowest BCUT2D eigenvalue weighted by molar-refractivity contribution is -0.145. The zero-order valence-corrected chi connectivity index (χ0v) is 8.47. The Labute approximate surface area is 82.2 Å². The largest absolute Gasteiger partial charge is 0.481 e. The van der Waals surface area contributed by atoms with Crippen molar-refractivity contribution in [1.82, 2.24) is 0 Å². The van der Waals surface area contributed by atoms with E-state index in [1.54, 1.807) is 13.0 Å². The van der Waals surface area contributed by atoms with Crippen molar-refractivity contribution in [2.24, 2.45) is 5.92 Å². The van der Waals surface area contributed by atoms with Gasteiger partial charge in [-0.3, -0.25) is 9.59 Å². The monoisotopic (exact) mass is 202 g/mol. The van der Waals surface area contributed by atoms with Crippen LogP contribution in [0.4, 0.5) is 0 Å². The van der Waals surface area contributed by atoms with Gasteiger partial charge in [0, 0.05) is 5.75 Å². The number of ketones is 1. The molecule has 3 nitrogen and oxygen atoms in total. The zero-order valence-electron chi connectivity index (χ0n) is 7.66. The third-order valence-electron chi connectivity index (χ3n) is 1.58. The number of Topliss-reactive ketones (excluding diaryl/α,β-unsaturated/α-hetero) is 1. The molecule has 0 rings (SSSR count). The Bertz CT molecular complexity index is 201. The Morgan fingerprint density at radius 1 is 1.62 bits per heavy atom. The first-order valence-corrected chi connectivity index (χ1v) is 5.23. The van der Waals surface area contributed by atoms with E-state index in [0.29, 0.717) is 12.2 Å². The van der Waals surface area contributed by atoms with Gasteiger partial charge in [-0.25, -0.2) is 0 Å². The molecule has 4 heteroatoms. The van der Waals surface area contributed by atoms with Gasteiger partial charge >= 0.3 is 5.97 Å². The van der Waals surface area contributed by atoms with Crippen LogP contribution in [0.3, 0.4) is 0 Å². The molecule has 1 N–H and O–H groups in total. The highest BCUT2D eigenvalue weighted by Gasteiger charge is 2.23. The zero-order chi connectivity index (χ0) is 10.3. The highest BCUT2D eigenvalue weighted by atomic mass is 32.2. The second-order valence-electron chi connectivity index (χ2n) is 2.57. The molecule has 0 amide bonds. The standard InChI is InChI=1S/C9H14O3S/c1-3-5-13-6-8(10)7(4-2)9(11)12/h3,7H,1,4-6H2,2H3,(H,11,12). The summed E-state index contributed by atoms with van der Waals surface area (Å²) in [5.74, 6) is -1.12. The number of carbonyl (C=O) groups excluding carboxylic acids is 1. The molecule has 0 aliphatic rings. The second kappa shape index (κ2) is 6.71. The summed E-state index contributed by atoms with van der Waals surface area (Å²) in [7, 11) is 0. The van der Waals surface area contributed by atoms with Crippen molar-refractivity contribution in [2.75, 3.05) is 11.5 Å². The minimum Gasteiger partial charge on any atom is -0.481 e. The first-order valence-electron chi connectivity index (χ1n) is 4.07. The predicted octanol–water partition coefficient (Wildman–Crippen LogP) is 1.59. The van der Waals surface area contributed by atoms with Crippen molar-refractivity contribution in [3.8, 4) is 0 Å². The van der Waals surface area contributed by atoms with Gasteiger partial charge in [0.05, 0.1) is 5.75 Å². The molecule has 0 saturated carbocycles. The first kappa shape index (κ1) is 12.2. The Kier molecular flexibility index (Phi) is 6.32. The summed E-state index contributed by atoms with van der Waals surface area (Å²) in [5.41, 5.74) is 0. The maximum absolute atomic E-state index is 11.3. The predicted molar refractivity (Wildman–Crippen MR) is 53.9 cm³/mol. The fraction of sp³-hybridized carbons (Fsp3) is 0.556. The van der Waals surface area contributed by atoms with Gasteiger partial charge in [-0.15, -0.1) is 18.3 Å². The molecule has 0 saturated heterocycles. The van der Waals surface area contributed by atoms with Crippen LogP contribution in [0.1, 0.15) is 13.3 Å². The fourth-order valence-electron chi connectivity index (χ4n) is 0.883. The Hall–Kier alpha value is -0.770. The van der Waals surface area contributed by atoms with E-state index in [1.165, 1.54) is 11.8 Å². The Balaban J connectivity index is 3.91. The summed E-state index contributed by atoms with van der Waals surface area (Å²) in [5, 5.41) is 8.65. The normalized spacial score (nSPS) is 12.1. The summed E-state index contributed by atoms with van der Waals surface area (Å²) >= 11 is 1.39. The smallest absolute Gasteiger partial charge is 0.314 e. The summed E-state index contributed by atoms with van der Waals surface area (Å²) in [4.78, 5) is 21.8. The van der Waals surface area contributed by atoms with Gasteiger partial charge in [0.1, 0.15) is 5.92 Å². The molecule has 13 heavy (non-hydrogen) atoms. The maximum atomic E-state index is 11.3. The topological polar surface area (TPSA) is 54.4 Å². The third-order valence-corrected chi connectivity index (χ3v) is 2.54. The van der Waals surface area contributed by atoms with E-state index in [0.717, 1.165) is 0 Å². The Morgan fingerprint density at radius 2 is 2.23 bits per heavy atom. The average molecular weight is 202 g/mol. The molecular formula is C9H14O3S. The lowest BCUT2D eigenvalue weighted by Gasteiger charge is -2.06. The van der Waals surface area contributed by atoms with Gasteiger partial charge in [0.15, 0.2) is 5.78 Å². The highest BCUT2D eigenvalue weighted by molar-refractivity contribution is 8.00. The molecule has 0 spiro atoms. The van der Waals surface area contributed by atoms with E-state index in [-0.39, 0.29) is 11.5 Å². The van der Waals surface area contributed by atoms with Crippen molar-refractivity contribution in [1.29, 1.82) is 0 Å². The number of carbonyl (C=O) groups is 2. The van der Waals surface area contributed by atoms with Crippen LogP contribution in [0, 0.1) is 5.92 Å². The Morgan fingerprint density at radius 3 is 2.62 bits per heavy atom. The van der Waals surface area contributed by atoms with Gasteiger partial charge in [-0.2, -0.15) is 0 Å². The fourth-order valence-corrected chi connectivity index (χ4v) is 1.57. The average Bonchev–Trinajstić information content (AvgIpc) is 2.05. The van der Waals surface area contributed by atoms with Crippen LogP contribution in [0.2, 0.25) is 0 Å². The minimum atomic E-state index is -1.02. The molecule has 0 radical (unpaired) electrons. The van der Waals surface area contributed by atoms with Crippen LogP contribution in [0.25, 0.3) is 0 Å². The van der Waals surface area contributed by atoms with Gasteiger partial charge in [0.2, 0.25) is 0 Å². The quantitative estimate of drug-likeness (QED) is 0.387. The van der Waals surface area contributed by atoms with Crippen molar-refractivity contribution < 1.29 is 14.7 Å². The van der Waals surface area contributed by atoms with Crippen molar-refractivity contribution >= 4 is 23.5 Å². The molecule has 0 bridgehead atoms. The number of aliphatic carboxylic acids is 1. The molecule has 0 fully saturated rings. The van der Waals surface area contributed by atoms with Gasteiger partial charge < -0.3 is 5.11 Å². The number of thioether (sulfide) groups is 1. The summed E-state index contributed by atoms with van der Waals surface area (Å²) in [6.07, 6.45) is 2.06. The third kappa shape index (κ3) is 4.72. The maximum Gasteiger partial charge on any atom is 0.314 e. The van der Waals surface area contributed by atoms with E-state index < -0.39 is 11.9 Å². The van der Waals surface area contributed by atoms with E-state index in [9.17, 15) is 9.59 Å². The van der Waals surface area contributed by atoms with Crippen molar-refractivity contribution in [2.45, 2.75) is 13.3 Å². The number of rotatable bonds is 7. The molecule has 74 valence electrons. The molecular weight excluding hydrogens is 188 g/mol. The molecule has 0 aromatic rings. The highest BCUT2D eigenvalue weighted by Crippen LogP contribution is 2.09. The van der Waals surface area contributed by atoms with E-state index in [2.05, 4.69) is 6.58 Å². The molecule has 0 heterocycles. The molecule has 1 atom stereocenters. The summed E-state index contributed by atoms with van der Waals surface area (Å²) in [6.45, 7) is 5.21. The summed E-state index contributed by atoms with van der Waals surface area (Å²) < 4.78 is 0. The van der Waals surface area contributed by atoms with Crippen LogP contribution in [-0.2, 0) is 9.59 Å². The minimum absolute atomic E-state index is 0.207. The molecule has 0 aromatic heterocycles. The first-order chi connectivity index (χ1) is 6.13. The SMILES string of the molecule is C=CCSCC(=O)C(CC)C(=O)O. The van der Waals surface area contributed by atoms with Crippen molar-refractivity contribution in [3.63, 3.8) is 0 Å². The summed E-state index contributed by atoms with van der Waals surface area (Å²) in [6, 6.07) is 0. The molecule has 0 aliphatic heterocycles. The van der Waals surface area contributed by atoms with E-state index >= 15 is 0 Å². The van der Waals surface area contributed by atoms with Crippen LogP contribution in [-0.4, -0.2) is 28.4 Å². The lowest BCUT2D eigenvalue weighted by Crippen LogP contribution is -2.24. The van der Waals surface area contributed by atoms with Gasteiger partial charge in [0.25, 0.3) is 0 Å².